The van der Waals surface area contributed by atoms with Gasteiger partial charge in [0.05, 0.1) is 17.0 Å². The van der Waals surface area contributed by atoms with Crippen LogP contribution in [0.2, 0.25) is 5.02 Å². The number of likely N-dealkylation sites (tertiary alicyclic amines) is 1. The van der Waals surface area contributed by atoms with Gasteiger partial charge in [0.15, 0.2) is 0 Å². The Morgan fingerprint density at radius 1 is 1.08 bits per heavy atom. The van der Waals surface area contributed by atoms with E-state index in [1.54, 1.807) is 41.3 Å². The van der Waals surface area contributed by atoms with Crippen molar-refractivity contribution in [3.8, 4) is 0 Å². The Bertz CT molecular complexity index is 787. The molecule has 0 spiro atoms. The number of piperidine rings is 1. The second-order valence-electron chi connectivity index (χ2n) is 6.41. The maximum atomic E-state index is 12.9. The number of benzene rings is 2. The number of carbonyl (C=O) groups is 2. The lowest BCUT2D eigenvalue weighted by Crippen LogP contribution is -2.47. The number of nitrogens with one attached hydrogen (secondary N) is 1. The molecular weight excluding hydrogens is 355 g/mol. The average molecular weight is 375 g/mol. The van der Waals surface area contributed by atoms with Crippen molar-refractivity contribution in [1.29, 1.82) is 0 Å². The molecule has 4 nitrogen and oxygen atoms in total. The molecule has 0 saturated carbocycles. The monoisotopic (exact) mass is 374 g/mol. The van der Waals surface area contributed by atoms with Crippen LogP contribution in [0.25, 0.3) is 0 Å². The van der Waals surface area contributed by atoms with Gasteiger partial charge in [0.1, 0.15) is 5.82 Å². The van der Waals surface area contributed by atoms with Gasteiger partial charge in [-0.05, 0) is 42.7 Å². The molecule has 3 rings (SSSR count). The minimum atomic E-state index is -0.309. The molecule has 136 valence electrons. The van der Waals surface area contributed by atoms with E-state index in [9.17, 15) is 14.0 Å². The number of nitrogens with zero attached hydrogens (tertiary/aromatic N) is 1. The molecule has 0 atom stereocenters. The fourth-order valence-electron chi connectivity index (χ4n) is 3.07. The lowest BCUT2D eigenvalue weighted by Gasteiger charge is -2.32. The molecule has 2 aromatic rings. The highest BCUT2D eigenvalue weighted by Gasteiger charge is 2.24. The molecule has 1 fully saturated rings. The third-order valence-corrected chi connectivity index (χ3v) is 4.90. The summed E-state index contributed by atoms with van der Waals surface area (Å²) >= 11 is 6.05. The van der Waals surface area contributed by atoms with Crippen LogP contribution < -0.4 is 5.32 Å². The fourth-order valence-corrected chi connectivity index (χ4v) is 3.29. The van der Waals surface area contributed by atoms with Gasteiger partial charge < -0.3 is 10.2 Å². The molecule has 2 aromatic carbocycles. The molecule has 1 heterocycles. The predicted molar refractivity (Wildman–Crippen MR) is 98.6 cm³/mol. The molecule has 1 aliphatic heterocycles. The zero-order valence-electron chi connectivity index (χ0n) is 14.3. The van der Waals surface area contributed by atoms with Gasteiger partial charge in [0.2, 0.25) is 5.91 Å². The van der Waals surface area contributed by atoms with E-state index in [0.717, 1.165) is 5.56 Å². The molecule has 0 aromatic heterocycles. The molecule has 6 heteroatoms. The Balaban J connectivity index is 1.49. The largest absolute Gasteiger partial charge is 0.349 e. The summed E-state index contributed by atoms with van der Waals surface area (Å²) in [6.07, 6.45) is 1.66. The Hall–Kier alpha value is -2.40. The topological polar surface area (TPSA) is 49.4 Å². The highest BCUT2D eigenvalue weighted by Crippen LogP contribution is 2.17. The van der Waals surface area contributed by atoms with E-state index in [2.05, 4.69) is 5.32 Å². The van der Waals surface area contributed by atoms with Crippen molar-refractivity contribution < 1.29 is 14.0 Å². The van der Waals surface area contributed by atoms with Crippen LogP contribution in [0.5, 0.6) is 0 Å². The van der Waals surface area contributed by atoms with Crippen molar-refractivity contribution in [3.05, 3.63) is 70.5 Å². The van der Waals surface area contributed by atoms with Crippen molar-refractivity contribution in [2.45, 2.75) is 25.3 Å². The smallest absolute Gasteiger partial charge is 0.253 e. The first-order chi connectivity index (χ1) is 12.5. The van der Waals surface area contributed by atoms with E-state index in [0.29, 0.717) is 36.5 Å². The molecule has 0 bridgehead atoms. The summed E-state index contributed by atoms with van der Waals surface area (Å²) < 4.78 is 12.9. The van der Waals surface area contributed by atoms with Crippen LogP contribution in [0.15, 0.2) is 48.5 Å². The number of halogens is 2. The molecular formula is C20H20ClFN2O2. The van der Waals surface area contributed by atoms with Crippen LogP contribution in [0.4, 0.5) is 4.39 Å². The molecule has 2 amide bonds. The highest BCUT2D eigenvalue weighted by atomic mass is 35.5. The number of hydrogen-bond acceptors (Lipinski definition) is 2. The average Bonchev–Trinajstić information content (AvgIpc) is 2.64. The van der Waals surface area contributed by atoms with Crippen molar-refractivity contribution in [1.82, 2.24) is 10.2 Å². The van der Waals surface area contributed by atoms with Crippen LogP contribution in [0.1, 0.15) is 28.8 Å². The van der Waals surface area contributed by atoms with Crippen molar-refractivity contribution in [2.75, 3.05) is 13.1 Å². The van der Waals surface area contributed by atoms with Gasteiger partial charge in [-0.1, -0.05) is 35.9 Å². The summed E-state index contributed by atoms with van der Waals surface area (Å²) in [5, 5.41) is 3.42. The van der Waals surface area contributed by atoms with Gasteiger partial charge in [-0.15, -0.1) is 0 Å². The van der Waals surface area contributed by atoms with Gasteiger partial charge in [-0.25, -0.2) is 4.39 Å². The van der Waals surface area contributed by atoms with E-state index in [-0.39, 0.29) is 30.1 Å². The first-order valence-corrected chi connectivity index (χ1v) is 8.98. The maximum Gasteiger partial charge on any atom is 0.253 e. The minimum absolute atomic E-state index is 0.0208. The summed E-state index contributed by atoms with van der Waals surface area (Å²) in [7, 11) is 0. The van der Waals surface area contributed by atoms with Gasteiger partial charge in [-0.3, -0.25) is 9.59 Å². The summed E-state index contributed by atoms with van der Waals surface area (Å²) in [6.45, 7) is 1.18. The van der Waals surface area contributed by atoms with E-state index in [4.69, 9.17) is 11.6 Å². The summed E-state index contributed by atoms with van der Waals surface area (Å²) in [6, 6.07) is 12.9. The van der Waals surface area contributed by atoms with Gasteiger partial charge in [-0.2, -0.15) is 0 Å². The molecule has 26 heavy (non-hydrogen) atoms. The van der Waals surface area contributed by atoms with Crippen LogP contribution >= 0.6 is 11.6 Å². The summed E-state index contributed by atoms with van der Waals surface area (Å²) in [5.74, 6) is -0.476. The first kappa shape index (κ1) is 18.4. The van der Waals surface area contributed by atoms with Crippen molar-refractivity contribution in [2.24, 2.45) is 0 Å². The van der Waals surface area contributed by atoms with E-state index in [1.165, 1.54) is 12.1 Å². The Labute approximate surface area is 157 Å². The van der Waals surface area contributed by atoms with E-state index < -0.39 is 0 Å². The van der Waals surface area contributed by atoms with Crippen LogP contribution in [-0.4, -0.2) is 35.8 Å². The number of rotatable bonds is 4. The summed E-state index contributed by atoms with van der Waals surface area (Å²) in [5.41, 5.74) is 1.26. The highest BCUT2D eigenvalue weighted by molar-refractivity contribution is 6.33. The first-order valence-electron chi connectivity index (χ1n) is 8.60. The second kappa shape index (κ2) is 8.32. The maximum absolute atomic E-state index is 12.9. The van der Waals surface area contributed by atoms with E-state index in [1.807, 2.05) is 0 Å². The van der Waals surface area contributed by atoms with Gasteiger partial charge in [0, 0.05) is 19.1 Å². The predicted octanol–water partition coefficient (Wildman–Crippen LogP) is 3.44. The van der Waals surface area contributed by atoms with Gasteiger partial charge >= 0.3 is 0 Å². The second-order valence-corrected chi connectivity index (χ2v) is 6.82. The number of amides is 2. The molecule has 1 N–H and O–H groups in total. The van der Waals surface area contributed by atoms with Crippen LogP contribution in [0, 0.1) is 5.82 Å². The normalized spacial score (nSPS) is 14.9. The Morgan fingerprint density at radius 2 is 1.73 bits per heavy atom. The van der Waals surface area contributed by atoms with Gasteiger partial charge in [0.25, 0.3) is 5.91 Å². The Kier molecular flexibility index (Phi) is 5.89. The molecule has 0 aliphatic carbocycles. The minimum Gasteiger partial charge on any atom is -0.349 e. The quantitative estimate of drug-likeness (QED) is 0.891. The molecule has 0 unspecified atom stereocenters. The van der Waals surface area contributed by atoms with E-state index >= 15 is 0 Å². The number of carbonyl (C=O) groups excluding carboxylic acids is 2. The molecule has 1 saturated heterocycles. The fraction of sp³-hybridized carbons (Fsp3) is 0.300. The standard InChI is InChI=1S/C20H20ClFN2O2/c21-18-4-2-1-3-17(18)20(26)23-16-9-11-24(12-10-16)19(25)13-14-5-7-15(22)8-6-14/h1-8,16H,9-13H2,(H,23,26). The number of hydrogen-bond donors (Lipinski definition) is 1. The molecule has 1 aliphatic rings. The zero-order valence-corrected chi connectivity index (χ0v) is 15.0. The third-order valence-electron chi connectivity index (χ3n) is 4.57. The van der Waals surface area contributed by atoms with Crippen LogP contribution in [-0.2, 0) is 11.2 Å². The SMILES string of the molecule is O=C(NC1CCN(C(=O)Cc2ccc(F)cc2)CC1)c1ccccc1Cl. The Morgan fingerprint density at radius 3 is 2.38 bits per heavy atom. The lowest BCUT2D eigenvalue weighted by molar-refractivity contribution is -0.131. The van der Waals surface area contributed by atoms with Crippen LogP contribution in [0.3, 0.4) is 0 Å². The molecule has 0 radical (unpaired) electrons. The zero-order chi connectivity index (χ0) is 18.5. The van der Waals surface area contributed by atoms with Crippen molar-refractivity contribution in [3.63, 3.8) is 0 Å². The summed E-state index contributed by atoms with van der Waals surface area (Å²) in [4.78, 5) is 26.5. The lowest BCUT2D eigenvalue weighted by atomic mass is 10.0. The third kappa shape index (κ3) is 4.61. The van der Waals surface area contributed by atoms with Crippen molar-refractivity contribution >= 4 is 23.4 Å².